The van der Waals surface area contributed by atoms with Crippen molar-refractivity contribution in [1.29, 1.82) is 5.26 Å². The molecule has 0 atom stereocenters. The van der Waals surface area contributed by atoms with E-state index in [1.165, 1.54) is 11.1 Å². The predicted molar refractivity (Wildman–Crippen MR) is 143 cm³/mol. The highest BCUT2D eigenvalue weighted by atomic mass is 35.5. The predicted octanol–water partition coefficient (Wildman–Crippen LogP) is 1.20. The van der Waals surface area contributed by atoms with Crippen molar-refractivity contribution in [3.05, 3.63) is 41.2 Å². The molecule has 2 aliphatic heterocycles. The van der Waals surface area contributed by atoms with Crippen molar-refractivity contribution >= 4 is 51.4 Å². The summed E-state index contributed by atoms with van der Waals surface area (Å²) in [6.45, 7) is 2.62. The minimum atomic E-state index is -0.485. The molecule has 0 saturated carbocycles. The van der Waals surface area contributed by atoms with Gasteiger partial charge in [-0.2, -0.15) is 10.4 Å². The molecule has 0 unspecified atom stereocenters. The van der Waals surface area contributed by atoms with Gasteiger partial charge in [0.2, 0.25) is 11.8 Å². The normalized spacial score (nSPS) is 15.7. The van der Waals surface area contributed by atoms with Crippen molar-refractivity contribution in [3.8, 4) is 17.5 Å². The van der Waals surface area contributed by atoms with E-state index in [4.69, 9.17) is 26.7 Å². The molecule has 3 aromatic heterocycles. The van der Waals surface area contributed by atoms with Gasteiger partial charge in [-0.15, -0.1) is 0 Å². The minimum Gasteiger partial charge on any atom is -0.378 e. The van der Waals surface area contributed by atoms with Crippen LogP contribution in [0.2, 0.25) is 5.02 Å². The molecule has 0 bridgehead atoms. The van der Waals surface area contributed by atoms with Crippen molar-refractivity contribution in [2.75, 3.05) is 45.9 Å². The molecule has 5 heterocycles. The van der Waals surface area contributed by atoms with Gasteiger partial charge in [0.25, 0.3) is 5.91 Å². The highest BCUT2D eigenvalue weighted by molar-refractivity contribution is 6.31. The van der Waals surface area contributed by atoms with Crippen LogP contribution in [0, 0.1) is 17.2 Å². The lowest BCUT2D eigenvalue weighted by Gasteiger charge is -2.35. The summed E-state index contributed by atoms with van der Waals surface area (Å²) in [5.74, 6) is -0.980. The summed E-state index contributed by atoms with van der Waals surface area (Å²) < 4.78 is 6.95. The largest absolute Gasteiger partial charge is 0.378 e. The number of hydrogen-bond donors (Lipinski definition) is 2. The molecule has 0 spiro atoms. The van der Waals surface area contributed by atoms with Crippen molar-refractivity contribution < 1.29 is 19.1 Å². The second kappa shape index (κ2) is 10.6. The Bertz CT molecular complexity index is 1680. The number of aromatic nitrogens is 5. The van der Waals surface area contributed by atoms with E-state index in [2.05, 4.69) is 26.3 Å². The van der Waals surface area contributed by atoms with Crippen LogP contribution < -0.4 is 5.32 Å². The zero-order chi connectivity index (χ0) is 27.8. The number of nitrogens with one attached hydrogen (secondary N) is 2. The lowest BCUT2D eigenvalue weighted by molar-refractivity contribution is -0.136. The van der Waals surface area contributed by atoms with Crippen LogP contribution in [-0.4, -0.2) is 98.2 Å². The van der Waals surface area contributed by atoms with Crippen LogP contribution in [0.25, 0.3) is 33.5 Å². The third-order valence-corrected chi connectivity index (χ3v) is 7.28. The summed E-state index contributed by atoms with van der Waals surface area (Å²) in [5.41, 5.74) is 2.51. The van der Waals surface area contributed by atoms with Gasteiger partial charge in [-0.25, -0.2) is 9.97 Å². The number of likely N-dealkylation sites (tertiary alicyclic amines) is 1. The Labute approximate surface area is 232 Å². The summed E-state index contributed by atoms with van der Waals surface area (Å²) in [7, 11) is 0. The molecule has 2 aliphatic rings. The Kier molecular flexibility index (Phi) is 6.79. The number of morpholine rings is 1. The number of aromatic amines is 1. The van der Waals surface area contributed by atoms with Gasteiger partial charge in [0, 0.05) is 42.8 Å². The van der Waals surface area contributed by atoms with Crippen LogP contribution in [0.5, 0.6) is 0 Å². The molecular formula is C26H24ClN9O4. The van der Waals surface area contributed by atoms with Gasteiger partial charge in [0.1, 0.15) is 23.4 Å². The number of amides is 3. The quantitative estimate of drug-likeness (QED) is 0.355. The smallest absolute Gasteiger partial charge is 0.255 e. The van der Waals surface area contributed by atoms with E-state index < -0.39 is 5.91 Å². The Morgan fingerprint density at radius 2 is 1.98 bits per heavy atom. The molecule has 14 heteroatoms. The van der Waals surface area contributed by atoms with Gasteiger partial charge in [-0.3, -0.25) is 19.1 Å². The summed E-state index contributed by atoms with van der Waals surface area (Å²) in [6.07, 6.45) is 3.03. The summed E-state index contributed by atoms with van der Waals surface area (Å²) in [4.78, 5) is 53.5. The highest BCUT2D eigenvalue weighted by Gasteiger charge is 2.30. The molecule has 3 amide bonds. The molecule has 13 nitrogen and oxygen atoms in total. The minimum absolute atomic E-state index is 0.0183. The molecular weight excluding hydrogens is 538 g/mol. The number of ether oxygens (including phenoxy) is 1. The number of H-pyrrole nitrogens is 1. The molecule has 6 rings (SSSR count). The zero-order valence-corrected chi connectivity index (χ0v) is 22.0. The van der Waals surface area contributed by atoms with Gasteiger partial charge in [0.05, 0.1) is 49.0 Å². The fraction of sp³-hybridized carbons (Fsp3) is 0.346. The van der Waals surface area contributed by atoms with E-state index in [9.17, 15) is 14.4 Å². The molecule has 40 heavy (non-hydrogen) atoms. The third kappa shape index (κ3) is 4.83. The average Bonchev–Trinajstić information content (AvgIpc) is 3.52. The Morgan fingerprint density at radius 3 is 2.75 bits per heavy atom. The molecule has 2 fully saturated rings. The molecule has 2 saturated heterocycles. The van der Waals surface area contributed by atoms with Gasteiger partial charge in [0.15, 0.2) is 5.65 Å². The van der Waals surface area contributed by atoms with Crippen molar-refractivity contribution in [3.63, 3.8) is 0 Å². The average molecular weight is 562 g/mol. The van der Waals surface area contributed by atoms with E-state index in [1.54, 1.807) is 27.9 Å². The standard InChI is InChI=1S/C26H24ClN9O4/c27-16-1-2-17-20(7-16)36(14-22(38)34-3-5-40-6-4-34)33-23(17)19-10-30-25-24(32-19)18(9-29-25)26(39)31-11-21(37)35-12-15(8-28)13-35/h1-2,7,9-10,15H,3-6,11-14H2,(H,29,30)(H,31,39). The maximum atomic E-state index is 13.0. The summed E-state index contributed by atoms with van der Waals surface area (Å²) >= 11 is 6.28. The highest BCUT2D eigenvalue weighted by Crippen LogP contribution is 2.30. The van der Waals surface area contributed by atoms with E-state index in [-0.39, 0.29) is 36.4 Å². The number of benzene rings is 1. The number of rotatable bonds is 6. The number of nitrogens with zero attached hydrogens (tertiary/aromatic N) is 7. The second-order valence-corrected chi connectivity index (χ2v) is 10.1. The lowest BCUT2D eigenvalue weighted by atomic mass is 10.0. The van der Waals surface area contributed by atoms with Crippen molar-refractivity contribution in [2.45, 2.75) is 6.54 Å². The first-order valence-corrected chi connectivity index (χ1v) is 13.1. The van der Waals surface area contributed by atoms with Gasteiger partial charge < -0.3 is 24.8 Å². The Hall–Kier alpha value is -4.54. The fourth-order valence-electron chi connectivity index (χ4n) is 4.80. The van der Waals surface area contributed by atoms with Crippen molar-refractivity contribution in [2.24, 2.45) is 5.92 Å². The summed E-state index contributed by atoms with van der Waals surface area (Å²) in [5, 5.41) is 17.4. The number of carbonyl (C=O) groups excluding carboxylic acids is 3. The monoisotopic (exact) mass is 561 g/mol. The van der Waals surface area contributed by atoms with Crippen LogP contribution in [-0.2, 0) is 20.9 Å². The van der Waals surface area contributed by atoms with E-state index >= 15 is 0 Å². The maximum absolute atomic E-state index is 13.0. The van der Waals surface area contributed by atoms with Gasteiger partial charge in [-0.1, -0.05) is 11.6 Å². The van der Waals surface area contributed by atoms with Crippen LogP contribution in [0.15, 0.2) is 30.6 Å². The molecule has 204 valence electrons. The number of nitriles is 1. The van der Waals surface area contributed by atoms with Crippen LogP contribution in [0.1, 0.15) is 10.4 Å². The molecule has 0 aliphatic carbocycles. The molecule has 2 N–H and O–H groups in total. The van der Waals surface area contributed by atoms with Crippen LogP contribution in [0.4, 0.5) is 0 Å². The molecule has 0 radical (unpaired) electrons. The lowest BCUT2D eigenvalue weighted by Crippen LogP contribution is -2.52. The van der Waals surface area contributed by atoms with E-state index in [0.29, 0.717) is 72.5 Å². The number of carbonyl (C=O) groups is 3. The first-order chi connectivity index (χ1) is 19.4. The van der Waals surface area contributed by atoms with Crippen molar-refractivity contribution in [1.82, 2.24) is 39.8 Å². The molecule has 1 aromatic carbocycles. The van der Waals surface area contributed by atoms with E-state index in [1.807, 2.05) is 6.07 Å². The van der Waals surface area contributed by atoms with Crippen LogP contribution >= 0.6 is 11.6 Å². The van der Waals surface area contributed by atoms with Crippen LogP contribution in [0.3, 0.4) is 0 Å². The number of fused-ring (bicyclic) bond motifs is 2. The SMILES string of the molecule is N#CC1CN(C(=O)CNC(=O)c2c[nH]c3ncc(-c4nn(CC(=O)N5CCOCC5)c5cc(Cl)ccc45)nc23)C1. The number of halogens is 1. The first-order valence-electron chi connectivity index (χ1n) is 12.7. The summed E-state index contributed by atoms with van der Waals surface area (Å²) in [6, 6.07) is 7.40. The van der Waals surface area contributed by atoms with Gasteiger partial charge in [-0.05, 0) is 18.2 Å². The molecule has 4 aromatic rings. The topological polar surface area (TPSA) is 162 Å². The van der Waals surface area contributed by atoms with Gasteiger partial charge >= 0.3 is 0 Å². The number of hydrogen-bond acceptors (Lipinski definition) is 8. The third-order valence-electron chi connectivity index (χ3n) is 7.05. The maximum Gasteiger partial charge on any atom is 0.255 e. The second-order valence-electron chi connectivity index (χ2n) is 9.62. The Balaban J connectivity index is 1.27. The zero-order valence-electron chi connectivity index (χ0n) is 21.3. The first kappa shape index (κ1) is 25.7. The van der Waals surface area contributed by atoms with E-state index in [0.717, 1.165) is 5.39 Å². The fourth-order valence-corrected chi connectivity index (χ4v) is 4.97. The Morgan fingerprint density at radius 1 is 1.18 bits per heavy atom.